The number of likely N-dealkylation sites (tertiary alicyclic amines) is 1. The maximum Gasteiger partial charge on any atom is 0.135 e. The highest BCUT2D eigenvalue weighted by Crippen LogP contribution is 2.26. The van der Waals surface area contributed by atoms with Gasteiger partial charge in [-0.2, -0.15) is 0 Å². The zero-order valence-electron chi connectivity index (χ0n) is 9.21. The van der Waals surface area contributed by atoms with Gasteiger partial charge in [0.05, 0.1) is 0 Å². The average Bonchev–Trinajstić information content (AvgIpc) is 2.58. The number of aromatic nitrogens is 1. The number of halogens is 2. The molecule has 0 aliphatic carbocycles. The van der Waals surface area contributed by atoms with E-state index in [1.165, 1.54) is 0 Å². The minimum Gasteiger partial charge on any atom is -0.326 e. The van der Waals surface area contributed by atoms with Gasteiger partial charge in [0.25, 0.3) is 0 Å². The number of pyridine rings is 1. The molecule has 1 aromatic rings. The number of aryl methyl sites for hydroxylation is 1. The first kappa shape index (κ1) is 12.1. The molecule has 2 rings (SSSR count). The molecule has 0 bridgehead atoms. The first-order valence-corrected chi connectivity index (χ1v) is 6.11. The highest BCUT2D eigenvalue weighted by Gasteiger charge is 2.21. The Morgan fingerprint density at radius 2 is 2.31 bits per heavy atom. The van der Waals surface area contributed by atoms with Crippen molar-refractivity contribution in [3.05, 3.63) is 27.5 Å². The van der Waals surface area contributed by atoms with Crippen molar-refractivity contribution in [3.63, 3.8) is 0 Å². The second-order valence-electron chi connectivity index (χ2n) is 4.30. The topological polar surface area (TPSA) is 42.1 Å². The van der Waals surface area contributed by atoms with Crippen molar-refractivity contribution in [1.82, 2.24) is 9.88 Å². The molecule has 1 aliphatic heterocycles. The normalized spacial score (nSPS) is 21.6. The fourth-order valence-corrected chi connectivity index (χ4v) is 2.64. The predicted octanol–water partition coefficient (Wildman–Crippen LogP) is 2.23. The molecule has 0 unspecified atom stereocenters. The van der Waals surface area contributed by atoms with Gasteiger partial charge in [-0.3, -0.25) is 4.90 Å². The fraction of sp³-hybridized carbons (Fsp3) is 0.545. The van der Waals surface area contributed by atoms with Crippen molar-refractivity contribution < 1.29 is 0 Å². The maximum absolute atomic E-state index is 6.17. The van der Waals surface area contributed by atoms with Crippen molar-refractivity contribution in [2.24, 2.45) is 5.73 Å². The summed E-state index contributed by atoms with van der Waals surface area (Å²) < 4.78 is 0. The van der Waals surface area contributed by atoms with Gasteiger partial charge in [0.1, 0.15) is 5.15 Å². The van der Waals surface area contributed by atoms with Crippen LogP contribution in [0.4, 0.5) is 0 Å². The van der Waals surface area contributed by atoms with Crippen LogP contribution in [-0.4, -0.2) is 29.0 Å². The molecule has 0 amide bonds. The molecule has 1 fully saturated rings. The Labute approximate surface area is 106 Å². The molecule has 0 radical (unpaired) electrons. The Kier molecular flexibility index (Phi) is 3.70. The molecule has 2 heterocycles. The first-order chi connectivity index (χ1) is 7.56. The van der Waals surface area contributed by atoms with Crippen molar-refractivity contribution in [3.8, 4) is 0 Å². The summed E-state index contributed by atoms with van der Waals surface area (Å²) in [7, 11) is 0. The lowest BCUT2D eigenvalue weighted by molar-refractivity contribution is 0.326. The molecule has 1 saturated heterocycles. The summed E-state index contributed by atoms with van der Waals surface area (Å²) in [6.45, 7) is 4.52. The smallest absolute Gasteiger partial charge is 0.135 e. The largest absolute Gasteiger partial charge is 0.326 e. The van der Waals surface area contributed by atoms with E-state index in [2.05, 4.69) is 9.88 Å². The molecule has 1 aromatic heterocycles. The Hall–Kier alpha value is -0.350. The lowest BCUT2D eigenvalue weighted by atomic mass is 10.2. The Bertz CT molecular complexity index is 372. The molecular formula is C11H15Cl2N3. The third-order valence-corrected chi connectivity index (χ3v) is 3.49. The van der Waals surface area contributed by atoms with Gasteiger partial charge in [-0.05, 0) is 19.4 Å². The van der Waals surface area contributed by atoms with Crippen LogP contribution in [0.25, 0.3) is 0 Å². The van der Waals surface area contributed by atoms with E-state index in [0.717, 1.165) is 37.3 Å². The van der Waals surface area contributed by atoms with Crippen LogP contribution in [-0.2, 0) is 6.54 Å². The first-order valence-electron chi connectivity index (χ1n) is 5.35. The molecule has 0 aromatic carbocycles. The Morgan fingerprint density at radius 1 is 1.56 bits per heavy atom. The number of nitrogens with two attached hydrogens (primary N) is 1. The van der Waals surface area contributed by atoms with Crippen molar-refractivity contribution in [2.75, 3.05) is 13.1 Å². The summed E-state index contributed by atoms with van der Waals surface area (Å²) in [5.41, 5.74) is 7.61. The van der Waals surface area contributed by atoms with E-state index in [-0.39, 0.29) is 6.04 Å². The van der Waals surface area contributed by atoms with E-state index < -0.39 is 0 Å². The number of hydrogen-bond donors (Lipinski definition) is 1. The van der Waals surface area contributed by atoms with E-state index in [1.807, 2.05) is 13.0 Å². The van der Waals surface area contributed by atoms with Crippen molar-refractivity contribution >= 4 is 23.2 Å². The predicted molar refractivity (Wildman–Crippen MR) is 66.9 cm³/mol. The maximum atomic E-state index is 6.17. The molecule has 2 N–H and O–H groups in total. The quantitative estimate of drug-likeness (QED) is 0.829. The van der Waals surface area contributed by atoms with Gasteiger partial charge in [-0.15, -0.1) is 0 Å². The summed E-state index contributed by atoms with van der Waals surface area (Å²) in [6, 6.07) is 2.12. The van der Waals surface area contributed by atoms with Crippen LogP contribution in [0.1, 0.15) is 17.7 Å². The number of hydrogen-bond acceptors (Lipinski definition) is 3. The zero-order chi connectivity index (χ0) is 11.7. The summed E-state index contributed by atoms with van der Waals surface area (Å²) in [5, 5.41) is 1.20. The van der Waals surface area contributed by atoms with Gasteiger partial charge in [0, 0.05) is 42.0 Å². The molecule has 1 atom stereocenters. The van der Waals surface area contributed by atoms with E-state index in [1.54, 1.807) is 0 Å². The van der Waals surface area contributed by atoms with Gasteiger partial charge in [0.2, 0.25) is 0 Å². The van der Waals surface area contributed by atoms with Crippen LogP contribution in [0, 0.1) is 6.92 Å². The van der Waals surface area contributed by atoms with Crippen molar-refractivity contribution in [2.45, 2.75) is 25.9 Å². The highest BCUT2D eigenvalue weighted by atomic mass is 35.5. The minimum absolute atomic E-state index is 0.274. The lowest BCUT2D eigenvalue weighted by Crippen LogP contribution is -2.26. The van der Waals surface area contributed by atoms with Crippen LogP contribution < -0.4 is 5.73 Å². The Morgan fingerprint density at radius 3 is 2.88 bits per heavy atom. The zero-order valence-corrected chi connectivity index (χ0v) is 10.7. The Balaban J connectivity index is 2.15. The lowest BCUT2D eigenvalue weighted by Gasteiger charge is -2.17. The van der Waals surface area contributed by atoms with Crippen LogP contribution >= 0.6 is 23.2 Å². The molecule has 0 saturated carbocycles. The van der Waals surface area contributed by atoms with Gasteiger partial charge in [-0.25, -0.2) is 4.98 Å². The van der Waals surface area contributed by atoms with Crippen LogP contribution in [0.3, 0.4) is 0 Å². The van der Waals surface area contributed by atoms with E-state index >= 15 is 0 Å². The molecule has 3 nitrogen and oxygen atoms in total. The SMILES string of the molecule is Cc1cc(Cl)c(CN2CC[C@@H](N)C2)c(Cl)n1. The molecule has 0 spiro atoms. The second-order valence-corrected chi connectivity index (χ2v) is 5.06. The number of nitrogens with zero attached hydrogens (tertiary/aromatic N) is 2. The molecular weight excluding hydrogens is 245 g/mol. The van der Waals surface area contributed by atoms with E-state index in [0.29, 0.717) is 10.2 Å². The number of rotatable bonds is 2. The van der Waals surface area contributed by atoms with Gasteiger partial charge in [-0.1, -0.05) is 23.2 Å². The van der Waals surface area contributed by atoms with Crippen LogP contribution in [0.2, 0.25) is 10.2 Å². The summed E-state index contributed by atoms with van der Waals surface area (Å²) in [4.78, 5) is 6.48. The third kappa shape index (κ3) is 2.66. The highest BCUT2D eigenvalue weighted by molar-refractivity contribution is 6.35. The minimum atomic E-state index is 0.274. The molecule has 5 heteroatoms. The second kappa shape index (κ2) is 4.88. The summed E-state index contributed by atoms with van der Waals surface area (Å²) in [6.07, 6.45) is 1.04. The van der Waals surface area contributed by atoms with Gasteiger partial charge in [0.15, 0.2) is 0 Å². The van der Waals surface area contributed by atoms with Gasteiger partial charge >= 0.3 is 0 Å². The average molecular weight is 260 g/mol. The fourth-order valence-electron chi connectivity index (χ4n) is 1.99. The molecule has 16 heavy (non-hydrogen) atoms. The van der Waals surface area contributed by atoms with Crippen LogP contribution in [0.15, 0.2) is 6.07 Å². The van der Waals surface area contributed by atoms with E-state index in [4.69, 9.17) is 28.9 Å². The van der Waals surface area contributed by atoms with Gasteiger partial charge < -0.3 is 5.73 Å². The standard InChI is InChI=1S/C11H15Cl2N3/c1-7-4-10(12)9(11(13)15-7)6-16-3-2-8(14)5-16/h4,8H,2-3,5-6,14H2,1H3/t8-/m1/s1. The molecule has 1 aliphatic rings. The summed E-state index contributed by atoms with van der Waals surface area (Å²) in [5.74, 6) is 0. The van der Waals surface area contributed by atoms with Crippen LogP contribution in [0.5, 0.6) is 0 Å². The monoisotopic (exact) mass is 259 g/mol. The van der Waals surface area contributed by atoms with Crippen molar-refractivity contribution in [1.29, 1.82) is 0 Å². The molecule has 88 valence electrons. The third-order valence-electron chi connectivity index (χ3n) is 2.84. The van der Waals surface area contributed by atoms with E-state index in [9.17, 15) is 0 Å². The summed E-state index contributed by atoms with van der Waals surface area (Å²) >= 11 is 12.3.